The summed E-state index contributed by atoms with van der Waals surface area (Å²) in [5.41, 5.74) is 1.98. The molecule has 0 fully saturated rings. The predicted molar refractivity (Wildman–Crippen MR) is 101 cm³/mol. The maximum atomic E-state index is 12.1. The highest BCUT2D eigenvalue weighted by molar-refractivity contribution is 5.95. The average molecular weight is 370 g/mol. The van der Waals surface area contributed by atoms with Gasteiger partial charge >= 0.3 is 5.97 Å². The number of hydrogen-bond acceptors (Lipinski definition) is 5. The van der Waals surface area contributed by atoms with Gasteiger partial charge in [0.05, 0.1) is 7.11 Å². The van der Waals surface area contributed by atoms with Gasteiger partial charge in [-0.05, 0) is 42.8 Å². The number of aryl methyl sites for hydroxylation is 1. The van der Waals surface area contributed by atoms with E-state index < -0.39 is 5.97 Å². The summed E-state index contributed by atoms with van der Waals surface area (Å²) in [5, 5.41) is 5.50. The molecular formula is C20H22N2O5. The van der Waals surface area contributed by atoms with E-state index in [1.807, 2.05) is 13.0 Å². The zero-order valence-corrected chi connectivity index (χ0v) is 15.3. The molecule has 0 aliphatic heterocycles. The third kappa shape index (κ3) is 6.47. The molecule has 0 unspecified atom stereocenters. The quantitative estimate of drug-likeness (QED) is 0.696. The summed E-state index contributed by atoms with van der Waals surface area (Å²) in [7, 11) is 1.29. The van der Waals surface area contributed by atoms with Crippen LogP contribution in [0.3, 0.4) is 0 Å². The Labute approximate surface area is 157 Å². The van der Waals surface area contributed by atoms with Gasteiger partial charge in [0.1, 0.15) is 5.75 Å². The number of rotatable bonds is 8. The van der Waals surface area contributed by atoms with Crippen molar-refractivity contribution in [2.45, 2.75) is 13.3 Å². The van der Waals surface area contributed by atoms with E-state index in [0.717, 1.165) is 5.56 Å². The van der Waals surface area contributed by atoms with Crippen molar-refractivity contribution < 1.29 is 23.9 Å². The van der Waals surface area contributed by atoms with Crippen LogP contribution in [0.4, 0.5) is 5.69 Å². The Bertz CT molecular complexity index is 805. The molecule has 0 atom stereocenters. The second-order valence-electron chi connectivity index (χ2n) is 5.76. The molecule has 7 heteroatoms. The zero-order chi connectivity index (χ0) is 19.6. The first-order chi connectivity index (χ1) is 13.0. The summed E-state index contributed by atoms with van der Waals surface area (Å²) < 4.78 is 9.81. The van der Waals surface area contributed by atoms with Crippen LogP contribution in [0.2, 0.25) is 0 Å². The maximum Gasteiger partial charge on any atom is 0.343 e. The summed E-state index contributed by atoms with van der Waals surface area (Å²) >= 11 is 0. The van der Waals surface area contributed by atoms with Crippen molar-refractivity contribution in [3.8, 4) is 5.75 Å². The van der Waals surface area contributed by atoms with Crippen molar-refractivity contribution in [1.82, 2.24) is 5.32 Å². The van der Waals surface area contributed by atoms with E-state index in [0.29, 0.717) is 17.0 Å². The minimum Gasteiger partial charge on any atom is -0.482 e. The Morgan fingerprint density at radius 2 is 1.78 bits per heavy atom. The lowest BCUT2D eigenvalue weighted by Crippen LogP contribution is -2.27. The van der Waals surface area contributed by atoms with Gasteiger partial charge in [0, 0.05) is 24.2 Å². The number of methoxy groups -OCH3 is 1. The number of ether oxygens (including phenoxy) is 2. The van der Waals surface area contributed by atoms with E-state index in [-0.39, 0.29) is 31.4 Å². The van der Waals surface area contributed by atoms with E-state index in [2.05, 4.69) is 15.4 Å². The molecule has 2 aromatic rings. The van der Waals surface area contributed by atoms with Crippen LogP contribution in [-0.2, 0) is 14.3 Å². The third-order valence-electron chi connectivity index (χ3n) is 3.73. The fourth-order valence-electron chi connectivity index (χ4n) is 2.26. The van der Waals surface area contributed by atoms with E-state index in [9.17, 15) is 14.4 Å². The summed E-state index contributed by atoms with van der Waals surface area (Å²) in [6.07, 6.45) is 0.151. The van der Waals surface area contributed by atoms with E-state index in [1.54, 1.807) is 42.5 Å². The lowest BCUT2D eigenvalue weighted by molar-refractivity contribution is -0.142. The van der Waals surface area contributed by atoms with Crippen LogP contribution in [0.5, 0.6) is 5.75 Å². The topological polar surface area (TPSA) is 93.7 Å². The summed E-state index contributed by atoms with van der Waals surface area (Å²) in [5.74, 6) is -0.394. The highest BCUT2D eigenvalue weighted by atomic mass is 16.6. The molecule has 2 amide bonds. The molecule has 27 heavy (non-hydrogen) atoms. The number of hydrogen-bond donors (Lipinski definition) is 2. The number of benzene rings is 2. The highest BCUT2D eigenvalue weighted by Gasteiger charge is 2.09. The van der Waals surface area contributed by atoms with E-state index in [1.165, 1.54) is 7.11 Å². The van der Waals surface area contributed by atoms with Crippen LogP contribution >= 0.6 is 0 Å². The largest absolute Gasteiger partial charge is 0.482 e. The fraction of sp³-hybridized carbons (Fsp3) is 0.250. The summed E-state index contributed by atoms with van der Waals surface area (Å²) in [6, 6.07) is 13.9. The van der Waals surface area contributed by atoms with Crippen LogP contribution in [0, 0.1) is 6.92 Å². The third-order valence-corrected chi connectivity index (χ3v) is 3.73. The minimum absolute atomic E-state index is 0.151. The smallest absolute Gasteiger partial charge is 0.343 e. The molecule has 0 radical (unpaired) electrons. The molecule has 0 bridgehead atoms. The van der Waals surface area contributed by atoms with Crippen molar-refractivity contribution in [3.05, 3.63) is 59.7 Å². The van der Waals surface area contributed by atoms with Gasteiger partial charge in [-0.25, -0.2) is 4.79 Å². The molecule has 0 spiro atoms. The molecule has 0 aromatic heterocycles. The second kappa shape index (κ2) is 9.96. The SMILES string of the molecule is COC(=O)COc1ccc(NC(=O)CCNC(=O)c2ccccc2)c(C)c1. The molecule has 2 N–H and O–H groups in total. The van der Waals surface area contributed by atoms with E-state index >= 15 is 0 Å². The zero-order valence-electron chi connectivity index (χ0n) is 15.3. The Kier molecular flexibility index (Phi) is 7.37. The first-order valence-electron chi connectivity index (χ1n) is 8.43. The molecule has 0 aliphatic rings. The summed E-state index contributed by atoms with van der Waals surface area (Å²) in [4.78, 5) is 35.1. The molecule has 142 valence electrons. The Balaban J connectivity index is 1.79. The number of nitrogens with one attached hydrogen (secondary N) is 2. The Hall–Kier alpha value is -3.35. The predicted octanol–water partition coefficient (Wildman–Crippen LogP) is 2.31. The van der Waals surface area contributed by atoms with Gasteiger partial charge in [-0.1, -0.05) is 18.2 Å². The van der Waals surface area contributed by atoms with Gasteiger partial charge in [-0.2, -0.15) is 0 Å². The van der Waals surface area contributed by atoms with Gasteiger partial charge in [0.15, 0.2) is 6.61 Å². The van der Waals surface area contributed by atoms with Crippen LogP contribution in [0.1, 0.15) is 22.3 Å². The van der Waals surface area contributed by atoms with Crippen molar-refractivity contribution in [2.75, 3.05) is 25.6 Å². The molecule has 0 saturated carbocycles. The Morgan fingerprint density at radius 3 is 2.44 bits per heavy atom. The molecule has 0 heterocycles. The van der Waals surface area contributed by atoms with Crippen LogP contribution in [0.25, 0.3) is 0 Å². The molecule has 7 nitrogen and oxygen atoms in total. The molecule has 2 rings (SSSR count). The second-order valence-corrected chi connectivity index (χ2v) is 5.76. The van der Waals surface area contributed by atoms with Crippen molar-refractivity contribution in [3.63, 3.8) is 0 Å². The van der Waals surface area contributed by atoms with Gasteiger partial charge in [0.25, 0.3) is 5.91 Å². The van der Waals surface area contributed by atoms with Crippen LogP contribution < -0.4 is 15.4 Å². The normalized spacial score (nSPS) is 10.0. The lowest BCUT2D eigenvalue weighted by atomic mass is 10.2. The van der Waals surface area contributed by atoms with Gasteiger partial charge in [0.2, 0.25) is 5.91 Å². The number of carbonyl (C=O) groups excluding carboxylic acids is 3. The molecular weight excluding hydrogens is 348 g/mol. The number of amides is 2. The number of esters is 1. The standard InChI is InChI=1S/C20H22N2O5/c1-14-12-16(27-13-19(24)26-2)8-9-17(14)22-18(23)10-11-21-20(25)15-6-4-3-5-7-15/h3-9,12H,10-11,13H2,1-2H3,(H,21,25)(H,22,23). The minimum atomic E-state index is -0.470. The number of anilines is 1. The van der Waals surface area contributed by atoms with Crippen molar-refractivity contribution >= 4 is 23.5 Å². The monoisotopic (exact) mass is 370 g/mol. The number of carbonyl (C=O) groups is 3. The van der Waals surface area contributed by atoms with Gasteiger partial charge < -0.3 is 20.1 Å². The van der Waals surface area contributed by atoms with Gasteiger partial charge in [-0.15, -0.1) is 0 Å². The average Bonchev–Trinajstić information content (AvgIpc) is 2.68. The van der Waals surface area contributed by atoms with Crippen molar-refractivity contribution in [1.29, 1.82) is 0 Å². The Morgan fingerprint density at radius 1 is 1.04 bits per heavy atom. The first-order valence-corrected chi connectivity index (χ1v) is 8.43. The first kappa shape index (κ1) is 20.0. The summed E-state index contributed by atoms with van der Waals surface area (Å²) in [6.45, 7) is 1.87. The van der Waals surface area contributed by atoms with E-state index in [4.69, 9.17) is 4.74 Å². The van der Waals surface area contributed by atoms with Crippen LogP contribution in [-0.4, -0.2) is 38.0 Å². The lowest BCUT2D eigenvalue weighted by Gasteiger charge is -2.11. The molecule has 0 saturated heterocycles. The fourth-order valence-corrected chi connectivity index (χ4v) is 2.26. The molecule has 0 aliphatic carbocycles. The maximum absolute atomic E-state index is 12.1. The van der Waals surface area contributed by atoms with Gasteiger partial charge in [-0.3, -0.25) is 9.59 Å². The highest BCUT2D eigenvalue weighted by Crippen LogP contribution is 2.21. The molecule has 2 aromatic carbocycles. The van der Waals surface area contributed by atoms with Crippen LogP contribution in [0.15, 0.2) is 48.5 Å². The van der Waals surface area contributed by atoms with Crippen molar-refractivity contribution in [2.24, 2.45) is 0 Å².